The first-order chi connectivity index (χ1) is 15.3. The summed E-state index contributed by atoms with van der Waals surface area (Å²) in [6.07, 6.45) is 8.91. The molecule has 3 aliphatic rings. The van der Waals surface area contributed by atoms with Crippen molar-refractivity contribution in [1.82, 2.24) is 0 Å². The monoisotopic (exact) mass is 450 g/mol. The summed E-state index contributed by atoms with van der Waals surface area (Å²) in [5, 5.41) is 22.4. The van der Waals surface area contributed by atoms with Gasteiger partial charge in [0, 0.05) is 11.0 Å². The number of benzene rings is 1. The van der Waals surface area contributed by atoms with Gasteiger partial charge in [0.25, 0.3) is 0 Å². The lowest BCUT2D eigenvalue weighted by Gasteiger charge is -2.52. The molecule has 4 rings (SSSR count). The van der Waals surface area contributed by atoms with Crippen molar-refractivity contribution in [2.24, 2.45) is 17.3 Å². The molecule has 0 unspecified atom stereocenters. The zero-order valence-corrected chi connectivity index (χ0v) is 21.6. The van der Waals surface area contributed by atoms with Gasteiger partial charge in [0.05, 0.1) is 0 Å². The molecule has 2 fully saturated rings. The van der Waals surface area contributed by atoms with E-state index in [0.29, 0.717) is 23.5 Å². The average molecular weight is 451 g/mol. The molecule has 0 spiro atoms. The van der Waals surface area contributed by atoms with Crippen LogP contribution in [0.5, 0.6) is 5.75 Å². The molecule has 0 aromatic heterocycles. The highest BCUT2D eigenvalue weighted by atomic mass is 28.3. The Labute approximate surface area is 196 Å². The topological polar surface area (TPSA) is 40.5 Å². The molecule has 0 radical (unpaired) electrons. The average Bonchev–Trinajstić information content (AvgIpc) is 3.08. The molecule has 1 aromatic rings. The number of aliphatic hydroxyl groups is 1. The van der Waals surface area contributed by atoms with Gasteiger partial charge in [-0.05, 0) is 98.0 Å². The van der Waals surface area contributed by atoms with Gasteiger partial charge in [-0.1, -0.05) is 45.8 Å². The first-order valence-corrected chi connectivity index (χ1v) is 15.6. The van der Waals surface area contributed by atoms with Gasteiger partial charge >= 0.3 is 0 Å². The van der Waals surface area contributed by atoms with Gasteiger partial charge < -0.3 is 10.2 Å². The van der Waals surface area contributed by atoms with Gasteiger partial charge in [-0.3, -0.25) is 0 Å². The van der Waals surface area contributed by atoms with Crippen molar-refractivity contribution in [2.75, 3.05) is 0 Å². The summed E-state index contributed by atoms with van der Waals surface area (Å²) in [6.45, 7) is 13.1. The standard InChI is InChI=1S/C29H42O2Si/c1-6-10-25-22-11-12-24-23(21(22)13-14-27(25)30)15-17-28(5)26(24)16-18-29(28,31)19-20-32(7-2,8-3)9-4/h6,13-14,23-24,26,30-31H,1,7-12,15-18H2,2-5H3/t23-,24-,26+,28+,29-/m1/s1. The number of rotatable bonds is 5. The minimum Gasteiger partial charge on any atom is -0.508 e. The summed E-state index contributed by atoms with van der Waals surface area (Å²) >= 11 is 0. The predicted octanol–water partition coefficient (Wildman–Crippen LogP) is 6.76. The molecule has 0 amide bonds. The van der Waals surface area contributed by atoms with E-state index in [1.165, 1.54) is 29.3 Å². The summed E-state index contributed by atoms with van der Waals surface area (Å²) < 4.78 is 0. The van der Waals surface area contributed by atoms with Crippen LogP contribution < -0.4 is 0 Å². The maximum absolute atomic E-state index is 11.9. The van der Waals surface area contributed by atoms with Crippen molar-refractivity contribution in [2.45, 2.75) is 102 Å². The highest BCUT2D eigenvalue weighted by molar-refractivity contribution is 6.87. The van der Waals surface area contributed by atoms with Gasteiger partial charge in [-0.15, -0.1) is 12.1 Å². The largest absolute Gasteiger partial charge is 0.508 e. The van der Waals surface area contributed by atoms with E-state index in [9.17, 15) is 10.2 Å². The Kier molecular flexibility index (Phi) is 6.42. The second-order valence-electron chi connectivity index (χ2n) is 11.0. The molecular formula is C29H42O2Si. The van der Waals surface area contributed by atoms with Gasteiger partial charge in [-0.2, -0.15) is 0 Å². The SMILES string of the molecule is C=CCc1c(O)ccc2c1CC[C@@H]1[C@@H]2CC[C@@]2(C)[C@H]1CC[C@@]2(O)C#C[Si](CC)(CC)CC. The summed E-state index contributed by atoms with van der Waals surface area (Å²) in [6, 6.07) is 7.63. The molecule has 0 saturated heterocycles. The molecule has 0 heterocycles. The van der Waals surface area contributed by atoms with Crippen LogP contribution in [0.1, 0.15) is 82.4 Å². The summed E-state index contributed by atoms with van der Waals surface area (Å²) in [4.78, 5) is 0. The lowest BCUT2D eigenvalue weighted by atomic mass is 9.53. The van der Waals surface area contributed by atoms with E-state index in [0.717, 1.165) is 50.5 Å². The van der Waals surface area contributed by atoms with E-state index in [1.807, 2.05) is 12.1 Å². The van der Waals surface area contributed by atoms with Crippen molar-refractivity contribution in [3.05, 3.63) is 41.5 Å². The number of hydrogen-bond donors (Lipinski definition) is 2. The second-order valence-corrected chi connectivity index (χ2v) is 15.9. The molecular weight excluding hydrogens is 408 g/mol. The van der Waals surface area contributed by atoms with Crippen LogP contribution in [0.25, 0.3) is 0 Å². The zero-order chi connectivity index (χ0) is 23.1. The van der Waals surface area contributed by atoms with Crippen LogP contribution in [0.15, 0.2) is 24.8 Å². The lowest BCUT2D eigenvalue weighted by Crippen LogP contribution is -2.50. The first-order valence-electron chi connectivity index (χ1n) is 13.0. The van der Waals surface area contributed by atoms with Crippen LogP contribution >= 0.6 is 0 Å². The summed E-state index contributed by atoms with van der Waals surface area (Å²) in [7, 11) is -1.58. The normalized spacial score (nSPS) is 33.5. The molecule has 2 nitrogen and oxygen atoms in total. The minimum absolute atomic E-state index is 0.102. The molecule has 0 aliphatic heterocycles. The summed E-state index contributed by atoms with van der Waals surface area (Å²) in [5.74, 6) is 5.68. The fourth-order valence-electron chi connectivity index (χ4n) is 7.57. The Hall–Kier alpha value is -1.50. The lowest BCUT2D eigenvalue weighted by molar-refractivity contribution is -0.0647. The van der Waals surface area contributed by atoms with Crippen LogP contribution in [0.2, 0.25) is 18.1 Å². The maximum Gasteiger partial charge on any atom is 0.137 e. The third-order valence-electron chi connectivity index (χ3n) is 10.1. The van der Waals surface area contributed by atoms with Crippen molar-refractivity contribution < 1.29 is 10.2 Å². The quantitative estimate of drug-likeness (QED) is 0.295. The smallest absolute Gasteiger partial charge is 0.137 e. The number of phenols is 1. The fraction of sp³-hybridized carbons (Fsp3) is 0.655. The van der Waals surface area contributed by atoms with Crippen LogP contribution in [0, 0.1) is 28.7 Å². The van der Waals surface area contributed by atoms with Crippen LogP contribution in [-0.4, -0.2) is 23.9 Å². The molecule has 2 saturated carbocycles. The third-order valence-corrected chi connectivity index (χ3v) is 14.8. The van der Waals surface area contributed by atoms with Gasteiger partial charge in [0.15, 0.2) is 0 Å². The summed E-state index contributed by atoms with van der Waals surface area (Å²) in [5.41, 5.74) is 6.71. The van der Waals surface area contributed by atoms with Crippen LogP contribution in [0.3, 0.4) is 0 Å². The van der Waals surface area contributed by atoms with Crippen molar-refractivity contribution >= 4 is 8.07 Å². The molecule has 5 atom stereocenters. The van der Waals surface area contributed by atoms with Crippen molar-refractivity contribution in [3.63, 3.8) is 0 Å². The molecule has 2 N–H and O–H groups in total. The Morgan fingerprint density at radius 2 is 1.84 bits per heavy atom. The Balaban J connectivity index is 1.66. The Bertz CT molecular complexity index is 928. The zero-order valence-electron chi connectivity index (χ0n) is 20.6. The molecule has 32 heavy (non-hydrogen) atoms. The van der Waals surface area contributed by atoms with Crippen LogP contribution in [-0.2, 0) is 12.8 Å². The molecule has 1 aromatic carbocycles. The predicted molar refractivity (Wildman–Crippen MR) is 137 cm³/mol. The minimum atomic E-state index is -1.58. The molecule has 174 valence electrons. The van der Waals surface area contributed by atoms with E-state index in [4.69, 9.17) is 0 Å². The Morgan fingerprint density at radius 1 is 1.12 bits per heavy atom. The van der Waals surface area contributed by atoms with E-state index in [1.54, 1.807) is 0 Å². The van der Waals surface area contributed by atoms with E-state index < -0.39 is 13.7 Å². The van der Waals surface area contributed by atoms with Gasteiger partial charge in [0.1, 0.15) is 19.4 Å². The number of allylic oxidation sites excluding steroid dienone is 1. The highest BCUT2D eigenvalue weighted by Crippen LogP contribution is 2.64. The maximum atomic E-state index is 11.9. The number of fused-ring (bicyclic) bond motifs is 5. The number of hydrogen-bond acceptors (Lipinski definition) is 2. The van der Waals surface area contributed by atoms with E-state index in [2.05, 4.69) is 51.8 Å². The highest BCUT2D eigenvalue weighted by Gasteiger charge is 2.61. The van der Waals surface area contributed by atoms with Gasteiger partial charge in [0.2, 0.25) is 0 Å². The van der Waals surface area contributed by atoms with Gasteiger partial charge in [-0.25, -0.2) is 0 Å². The number of phenolic OH excluding ortho intramolecular Hbond substituents is 1. The fourth-order valence-corrected chi connectivity index (χ4v) is 10.1. The molecule has 3 aliphatic carbocycles. The van der Waals surface area contributed by atoms with Crippen LogP contribution in [0.4, 0.5) is 0 Å². The third kappa shape index (κ3) is 3.50. The molecule has 3 heteroatoms. The first kappa shape index (κ1) is 23.6. The van der Waals surface area contributed by atoms with Crippen molar-refractivity contribution in [3.8, 4) is 17.2 Å². The number of aromatic hydroxyl groups is 1. The molecule has 0 bridgehead atoms. The Morgan fingerprint density at radius 3 is 2.50 bits per heavy atom. The van der Waals surface area contributed by atoms with Crippen molar-refractivity contribution in [1.29, 1.82) is 0 Å². The van der Waals surface area contributed by atoms with E-state index in [-0.39, 0.29) is 5.41 Å². The van der Waals surface area contributed by atoms with E-state index >= 15 is 0 Å². The second kappa shape index (κ2) is 8.69.